The first kappa shape index (κ1) is 24.6. The first-order chi connectivity index (χ1) is 15.8. The molecule has 12 heteroatoms. The zero-order valence-corrected chi connectivity index (χ0v) is 18.5. The van der Waals surface area contributed by atoms with Gasteiger partial charge < -0.3 is 21.4 Å². The maximum Gasteiger partial charge on any atom is 0.273 e. The number of anilines is 1. The highest BCUT2D eigenvalue weighted by molar-refractivity contribution is 7.19. The molecule has 1 unspecified atom stereocenters. The van der Waals surface area contributed by atoms with Crippen molar-refractivity contribution in [2.75, 3.05) is 25.4 Å². The second kappa shape index (κ2) is 11.2. The summed E-state index contributed by atoms with van der Waals surface area (Å²) in [6.07, 6.45) is 1.87. The lowest BCUT2D eigenvalue weighted by Gasteiger charge is -2.29. The normalized spacial score (nSPS) is 15.9. The maximum atomic E-state index is 14.1. The van der Waals surface area contributed by atoms with Crippen molar-refractivity contribution in [1.82, 2.24) is 15.2 Å². The highest BCUT2D eigenvalue weighted by Crippen LogP contribution is 2.33. The fourth-order valence-electron chi connectivity index (χ4n) is 3.55. The number of hydrogen-bond donors (Lipinski definition) is 3. The Morgan fingerprint density at radius 2 is 1.88 bits per heavy atom. The highest BCUT2D eigenvalue weighted by Gasteiger charge is 2.27. The van der Waals surface area contributed by atoms with E-state index in [1.165, 1.54) is 6.07 Å². The van der Waals surface area contributed by atoms with Gasteiger partial charge in [-0.15, -0.1) is 0 Å². The van der Waals surface area contributed by atoms with Crippen molar-refractivity contribution in [3.63, 3.8) is 0 Å². The lowest BCUT2D eigenvalue weighted by molar-refractivity contribution is 0.0949. The molecule has 0 spiro atoms. The number of amides is 1. The molecule has 0 saturated carbocycles. The highest BCUT2D eigenvalue weighted by atomic mass is 32.1. The molecule has 1 saturated heterocycles. The summed E-state index contributed by atoms with van der Waals surface area (Å²) >= 11 is 0.741. The number of nitrogens with zero attached hydrogens (tertiary/aromatic N) is 3. The van der Waals surface area contributed by atoms with Crippen molar-refractivity contribution in [2.24, 2.45) is 4.99 Å². The summed E-state index contributed by atoms with van der Waals surface area (Å²) in [5, 5.41) is 10.1. The summed E-state index contributed by atoms with van der Waals surface area (Å²) in [4.78, 5) is 22.7. The third-order valence-electron chi connectivity index (χ3n) is 5.10. The molecule has 1 amide bonds. The monoisotopic (exact) mass is 484 g/mol. The molecule has 1 atom stereocenters. The number of alkyl halides is 2. The predicted molar refractivity (Wildman–Crippen MR) is 120 cm³/mol. The Hall–Kier alpha value is -3.02. The fourth-order valence-corrected chi connectivity index (χ4v) is 4.43. The number of carbonyl (C=O) groups is 1. The Balaban J connectivity index is 1.86. The van der Waals surface area contributed by atoms with Gasteiger partial charge in [0.25, 0.3) is 12.3 Å². The number of benzene rings is 1. The van der Waals surface area contributed by atoms with Crippen LogP contribution in [0.1, 0.15) is 36.2 Å². The molecule has 0 bridgehead atoms. The molecule has 1 fully saturated rings. The van der Waals surface area contributed by atoms with Crippen LogP contribution < -0.4 is 11.1 Å². The van der Waals surface area contributed by atoms with Crippen molar-refractivity contribution in [3.05, 3.63) is 35.5 Å². The Kier molecular flexibility index (Phi) is 8.37. The van der Waals surface area contributed by atoms with Gasteiger partial charge in [-0.25, -0.2) is 22.5 Å². The fraction of sp³-hybridized carbons (Fsp3) is 0.429. The minimum Gasteiger partial charge on any atom is -0.389 e. The minimum atomic E-state index is -2.68. The number of aromatic nitrogens is 1. The van der Waals surface area contributed by atoms with E-state index in [2.05, 4.69) is 15.3 Å². The van der Waals surface area contributed by atoms with Crippen LogP contribution in [0.2, 0.25) is 0 Å². The molecule has 0 aliphatic carbocycles. The molecule has 33 heavy (non-hydrogen) atoms. The van der Waals surface area contributed by atoms with Gasteiger partial charge in [0.2, 0.25) is 0 Å². The van der Waals surface area contributed by atoms with E-state index in [4.69, 9.17) is 11.1 Å². The topological polar surface area (TPSA) is 107 Å². The largest absolute Gasteiger partial charge is 0.389 e. The third-order valence-corrected chi connectivity index (χ3v) is 6.00. The Bertz CT molecular complexity index is 1000. The standard InChI is InChI=1S/C21H24F4N6OS/c22-12-6-5-7-13(23)16(12)21-30-17(18(27)33-21)20(32)29-14(10-26)19(28-11-15(24)25)31-8-3-1-2-4-9-31/h5-7,10,14-15,26H,1-4,8-9,11,27H2,(H,29,32). The molecule has 3 rings (SSSR count). The zero-order valence-electron chi connectivity index (χ0n) is 17.7. The number of hydrogen-bond acceptors (Lipinski definition) is 6. The minimum absolute atomic E-state index is 0.0743. The van der Waals surface area contributed by atoms with E-state index in [-0.39, 0.29) is 21.5 Å². The molecule has 2 heterocycles. The average Bonchev–Trinajstić information content (AvgIpc) is 2.96. The number of carbonyl (C=O) groups excluding carboxylic acids is 1. The maximum absolute atomic E-state index is 14.1. The molecule has 4 N–H and O–H groups in total. The van der Waals surface area contributed by atoms with Gasteiger partial charge in [-0.1, -0.05) is 30.2 Å². The van der Waals surface area contributed by atoms with Crippen LogP contribution in [-0.4, -0.2) is 59.9 Å². The average molecular weight is 485 g/mol. The molecule has 7 nitrogen and oxygen atoms in total. The van der Waals surface area contributed by atoms with Crippen molar-refractivity contribution in [2.45, 2.75) is 38.2 Å². The summed E-state index contributed by atoms with van der Waals surface area (Å²) in [6.45, 7) is 0.372. The van der Waals surface area contributed by atoms with E-state index < -0.39 is 42.1 Å². The van der Waals surface area contributed by atoms with Crippen molar-refractivity contribution < 1.29 is 22.4 Å². The number of nitrogens with one attached hydrogen (secondary N) is 2. The van der Waals surface area contributed by atoms with E-state index in [1.807, 2.05) is 0 Å². The number of thiazole rings is 1. The van der Waals surface area contributed by atoms with E-state index in [0.29, 0.717) is 13.1 Å². The summed E-state index contributed by atoms with van der Waals surface area (Å²) in [5.74, 6) is -2.35. The van der Waals surface area contributed by atoms with Gasteiger partial charge in [-0.05, 0) is 25.0 Å². The number of amidine groups is 1. The smallest absolute Gasteiger partial charge is 0.273 e. The zero-order chi connectivity index (χ0) is 24.0. The van der Waals surface area contributed by atoms with E-state index in [0.717, 1.165) is 55.4 Å². The van der Waals surface area contributed by atoms with E-state index in [9.17, 15) is 22.4 Å². The molecular weight excluding hydrogens is 460 g/mol. The van der Waals surface area contributed by atoms with Crippen LogP contribution >= 0.6 is 11.3 Å². The number of likely N-dealkylation sites (tertiary alicyclic amines) is 1. The Morgan fingerprint density at radius 1 is 1.24 bits per heavy atom. The quantitative estimate of drug-likeness (QED) is 0.314. The second-order valence-corrected chi connectivity index (χ2v) is 8.47. The SMILES string of the molecule is N=CC(NC(=O)c1nc(-c2c(F)cccc2F)sc1N)C(=NCC(F)F)N1CCCCCC1. The predicted octanol–water partition coefficient (Wildman–Crippen LogP) is 3.96. The van der Waals surface area contributed by atoms with Crippen molar-refractivity contribution in [3.8, 4) is 10.6 Å². The number of rotatable bonds is 7. The van der Waals surface area contributed by atoms with Crippen LogP contribution in [0, 0.1) is 17.0 Å². The Labute approximate surface area is 192 Å². The first-order valence-electron chi connectivity index (χ1n) is 10.4. The Morgan fingerprint density at radius 3 is 2.45 bits per heavy atom. The summed E-state index contributed by atoms with van der Waals surface area (Å²) < 4.78 is 53.9. The summed E-state index contributed by atoms with van der Waals surface area (Å²) in [5.41, 5.74) is 5.22. The second-order valence-electron chi connectivity index (χ2n) is 7.44. The van der Waals surface area contributed by atoms with Crippen LogP contribution in [0.5, 0.6) is 0 Å². The van der Waals surface area contributed by atoms with Gasteiger partial charge in [-0.2, -0.15) is 0 Å². The van der Waals surface area contributed by atoms with Crippen LogP contribution in [0.3, 0.4) is 0 Å². The molecule has 2 aromatic rings. The van der Waals surface area contributed by atoms with Crippen molar-refractivity contribution in [1.29, 1.82) is 5.41 Å². The van der Waals surface area contributed by atoms with Gasteiger partial charge in [0.05, 0.1) is 5.56 Å². The summed E-state index contributed by atoms with van der Waals surface area (Å²) in [7, 11) is 0. The van der Waals surface area contributed by atoms with Gasteiger partial charge >= 0.3 is 0 Å². The van der Waals surface area contributed by atoms with Gasteiger partial charge in [-0.3, -0.25) is 9.79 Å². The number of nitrogen functional groups attached to an aromatic ring is 1. The number of halogens is 4. The van der Waals surface area contributed by atoms with Gasteiger partial charge in [0.1, 0.15) is 40.1 Å². The van der Waals surface area contributed by atoms with Gasteiger partial charge in [0.15, 0.2) is 5.69 Å². The molecule has 0 radical (unpaired) electrons. The summed E-state index contributed by atoms with van der Waals surface area (Å²) in [6, 6.07) is 2.24. The van der Waals surface area contributed by atoms with E-state index in [1.54, 1.807) is 4.90 Å². The van der Waals surface area contributed by atoms with E-state index >= 15 is 0 Å². The molecule has 1 aliphatic rings. The van der Waals surface area contributed by atoms with Gasteiger partial charge in [0, 0.05) is 19.3 Å². The van der Waals surface area contributed by atoms with Crippen molar-refractivity contribution >= 4 is 34.3 Å². The lowest BCUT2D eigenvalue weighted by atomic mass is 10.2. The molecule has 1 aromatic heterocycles. The van der Waals surface area contributed by atoms with Crippen LogP contribution in [-0.2, 0) is 0 Å². The van der Waals surface area contributed by atoms with Crippen LogP contribution in [0.15, 0.2) is 23.2 Å². The number of nitrogens with two attached hydrogens (primary N) is 1. The third kappa shape index (κ3) is 6.06. The molecule has 1 aromatic carbocycles. The molecular formula is C21H24F4N6OS. The number of aliphatic imine (C=N–C) groups is 1. The molecule has 178 valence electrons. The first-order valence-corrected chi connectivity index (χ1v) is 11.2. The lowest BCUT2D eigenvalue weighted by Crippen LogP contribution is -2.50. The van der Waals surface area contributed by atoms with Crippen LogP contribution in [0.25, 0.3) is 10.6 Å². The van der Waals surface area contributed by atoms with Crippen LogP contribution in [0.4, 0.5) is 22.6 Å². The molecule has 1 aliphatic heterocycles.